The molecule has 1 aromatic heterocycles. The van der Waals surface area contributed by atoms with E-state index in [1.54, 1.807) is 18.2 Å². The van der Waals surface area contributed by atoms with E-state index in [1.807, 2.05) is 19.1 Å². The highest BCUT2D eigenvalue weighted by molar-refractivity contribution is 7.89. The summed E-state index contributed by atoms with van der Waals surface area (Å²) in [6.45, 7) is 2.92. The van der Waals surface area contributed by atoms with Crippen LogP contribution >= 0.6 is 0 Å². The van der Waals surface area contributed by atoms with E-state index < -0.39 is 15.9 Å². The second-order valence-electron chi connectivity index (χ2n) is 6.31. The predicted molar refractivity (Wildman–Crippen MR) is 102 cm³/mol. The molecule has 2 heterocycles. The summed E-state index contributed by atoms with van der Waals surface area (Å²) < 4.78 is 32.5. The van der Waals surface area contributed by atoms with E-state index in [2.05, 4.69) is 10.3 Å². The predicted octanol–water partition coefficient (Wildman–Crippen LogP) is 2.52. The van der Waals surface area contributed by atoms with Crippen molar-refractivity contribution in [1.82, 2.24) is 9.29 Å². The molecule has 8 heteroatoms. The first kappa shape index (κ1) is 19.3. The molecule has 0 saturated carbocycles. The van der Waals surface area contributed by atoms with Gasteiger partial charge in [-0.1, -0.05) is 12.1 Å². The van der Waals surface area contributed by atoms with E-state index in [0.29, 0.717) is 37.4 Å². The third kappa shape index (κ3) is 4.45. The maximum atomic E-state index is 12.8. The standard InChI is InChI=1S/C19H23N3O4S/c1-2-26-18-10-4-3-9-17(18)21-19(23)15-7-6-12-22(14-15)27(24,25)16-8-5-11-20-13-16/h3-5,8-11,13,15H,2,6-7,12,14H2,1H3,(H,21,23)/t15-/m1/s1. The van der Waals surface area contributed by atoms with E-state index in [-0.39, 0.29) is 17.3 Å². The molecule has 1 atom stereocenters. The van der Waals surface area contributed by atoms with Crippen molar-refractivity contribution < 1.29 is 17.9 Å². The highest BCUT2D eigenvalue weighted by atomic mass is 32.2. The Morgan fingerprint density at radius 2 is 2.11 bits per heavy atom. The lowest BCUT2D eigenvalue weighted by molar-refractivity contribution is -0.120. The molecule has 0 aliphatic carbocycles. The van der Waals surface area contributed by atoms with Gasteiger partial charge in [0.1, 0.15) is 10.6 Å². The topological polar surface area (TPSA) is 88.6 Å². The number of ether oxygens (including phenoxy) is 1. The maximum absolute atomic E-state index is 12.8. The Balaban J connectivity index is 1.72. The summed E-state index contributed by atoms with van der Waals surface area (Å²) in [5.74, 6) is -0.0166. The molecule has 1 amide bonds. The summed E-state index contributed by atoms with van der Waals surface area (Å²) in [4.78, 5) is 16.8. The summed E-state index contributed by atoms with van der Waals surface area (Å²) >= 11 is 0. The van der Waals surface area contributed by atoms with Crippen LogP contribution in [0.5, 0.6) is 5.75 Å². The molecule has 144 valence electrons. The van der Waals surface area contributed by atoms with Crippen molar-refractivity contribution in [2.24, 2.45) is 5.92 Å². The van der Waals surface area contributed by atoms with Crippen LogP contribution in [0.2, 0.25) is 0 Å². The van der Waals surface area contributed by atoms with Gasteiger partial charge in [-0.05, 0) is 44.0 Å². The summed E-state index contributed by atoms with van der Waals surface area (Å²) in [5, 5.41) is 2.88. The van der Waals surface area contributed by atoms with E-state index >= 15 is 0 Å². The molecule has 1 aliphatic rings. The molecule has 27 heavy (non-hydrogen) atoms. The summed E-state index contributed by atoms with van der Waals surface area (Å²) in [5.41, 5.74) is 0.594. The van der Waals surface area contributed by atoms with Crippen molar-refractivity contribution in [3.05, 3.63) is 48.8 Å². The van der Waals surface area contributed by atoms with Crippen LogP contribution < -0.4 is 10.1 Å². The quantitative estimate of drug-likeness (QED) is 0.820. The van der Waals surface area contributed by atoms with Gasteiger partial charge >= 0.3 is 0 Å². The molecule has 0 bridgehead atoms. The van der Waals surface area contributed by atoms with Gasteiger partial charge in [-0.15, -0.1) is 0 Å². The number of carbonyl (C=O) groups excluding carboxylic acids is 1. The third-order valence-corrected chi connectivity index (χ3v) is 6.32. The Bertz CT molecular complexity index is 887. The van der Waals surface area contributed by atoms with Crippen molar-refractivity contribution in [3.63, 3.8) is 0 Å². The first-order valence-corrected chi connectivity index (χ1v) is 10.4. The van der Waals surface area contributed by atoms with Crippen molar-refractivity contribution in [3.8, 4) is 5.75 Å². The Kier molecular flexibility index (Phi) is 6.08. The summed E-state index contributed by atoms with van der Waals surface area (Å²) in [6.07, 6.45) is 4.13. The van der Waals surface area contributed by atoms with Crippen LogP contribution in [-0.2, 0) is 14.8 Å². The van der Waals surface area contributed by atoms with Crippen LogP contribution in [0.1, 0.15) is 19.8 Å². The monoisotopic (exact) mass is 389 g/mol. The number of anilines is 1. The normalized spacial score (nSPS) is 18.0. The lowest BCUT2D eigenvalue weighted by atomic mass is 9.98. The van der Waals surface area contributed by atoms with E-state index in [0.717, 1.165) is 0 Å². The van der Waals surface area contributed by atoms with Crippen molar-refractivity contribution >= 4 is 21.6 Å². The van der Waals surface area contributed by atoms with Gasteiger partial charge in [0.25, 0.3) is 0 Å². The molecule has 0 unspecified atom stereocenters. The first-order valence-electron chi connectivity index (χ1n) is 8.95. The Hall–Kier alpha value is -2.45. The molecule has 1 aliphatic heterocycles. The number of sulfonamides is 1. The average molecular weight is 389 g/mol. The number of aromatic nitrogens is 1. The van der Waals surface area contributed by atoms with Gasteiger partial charge in [-0.2, -0.15) is 4.31 Å². The van der Waals surface area contributed by atoms with E-state index in [9.17, 15) is 13.2 Å². The second-order valence-corrected chi connectivity index (χ2v) is 8.25. The van der Waals surface area contributed by atoms with Gasteiger partial charge in [0, 0.05) is 25.5 Å². The molecule has 2 aromatic rings. The molecule has 1 N–H and O–H groups in total. The fourth-order valence-electron chi connectivity index (χ4n) is 3.11. The largest absolute Gasteiger partial charge is 0.492 e. The molecule has 1 aromatic carbocycles. The SMILES string of the molecule is CCOc1ccccc1NC(=O)[C@@H]1CCCN(S(=O)(=O)c2cccnc2)C1. The number of piperidine rings is 1. The lowest BCUT2D eigenvalue weighted by Gasteiger charge is -2.31. The fourth-order valence-corrected chi connectivity index (χ4v) is 4.60. The molecular formula is C19H23N3O4S. The molecule has 7 nitrogen and oxygen atoms in total. The number of nitrogens with one attached hydrogen (secondary N) is 1. The molecule has 0 spiro atoms. The average Bonchev–Trinajstić information content (AvgIpc) is 2.70. The van der Waals surface area contributed by atoms with Gasteiger partial charge in [-0.25, -0.2) is 8.42 Å². The van der Waals surface area contributed by atoms with E-state index in [4.69, 9.17) is 4.74 Å². The van der Waals surface area contributed by atoms with Gasteiger partial charge < -0.3 is 10.1 Å². The van der Waals surface area contributed by atoms with Crippen molar-refractivity contribution in [1.29, 1.82) is 0 Å². The van der Waals surface area contributed by atoms with Crippen LogP contribution in [0.15, 0.2) is 53.7 Å². The second kappa shape index (κ2) is 8.49. The number of benzene rings is 1. The molecular weight excluding hydrogens is 366 g/mol. The first-order chi connectivity index (χ1) is 13.0. The van der Waals surface area contributed by atoms with Gasteiger partial charge in [0.15, 0.2) is 0 Å². The van der Waals surface area contributed by atoms with Crippen LogP contribution in [-0.4, -0.2) is 43.3 Å². The maximum Gasteiger partial charge on any atom is 0.244 e. The zero-order chi connectivity index (χ0) is 19.3. The van der Waals surface area contributed by atoms with E-state index in [1.165, 1.54) is 22.8 Å². The number of para-hydroxylation sites is 2. The number of carbonyl (C=O) groups is 1. The highest BCUT2D eigenvalue weighted by Crippen LogP contribution is 2.27. The molecule has 1 saturated heterocycles. The summed E-state index contributed by atoms with van der Waals surface area (Å²) in [6, 6.07) is 10.3. The van der Waals surface area contributed by atoms with Gasteiger partial charge in [0.05, 0.1) is 18.2 Å². The number of amides is 1. The minimum atomic E-state index is -3.65. The lowest BCUT2D eigenvalue weighted by Crippen LogP contribution is -2.43. The Labute approximate surface area is 159 Å². The number of pyridine rings is 1. The minimum absolute atomic E-state index is 0.146. The molecule has 3 rings (SSSR count). The summed E-state index contributed by atoms with van der Waals surface area (Å²) in [7, 11) is -3.65. The van der Waals surface area contributed by atoms with Crippen LogP contribution in [0.25, 0.3) is 0 Å². The number of rotatable bonds is 6. The number of nitrogens with zero attached hydrogens (tertiary/aromatic N) is 2. The number of hydrogen-bond donors (Lipinski definition) is 1. The van der Waals surface area contributed by atoms with Gasteiger partial charge in [0.2, 0.25) is 15.9 Å². The zero-order valence-electron chi connectivity index (χ0n) is 15.2. The molecule has 0 radical (unpaired) electrons. The number of hydrogen-bond acceptors (Lipinski definition) is 5. The zero-order valence-corrected chi connectivity index (χ0v) is 16.0. The van der Waals surface area contributed by atoms with Crippen molar-refractivity contribution in [2.45, 2.75) is 24.7 Å². The van der Waals surface area contributed by atoms with Crippen LogP contribution in [0, 0.1) is 5.92 Å². The van der Waals surface area contributed by atoms with Gasteiger partial charge in [-0.3, -0.25) is 9.78 Å². The smallest absolute Gasteiger partial charge is 0.244 e. The van der Waals surface area contributed by atoms with Crippen LogP contribution in [0.4, 0.5) is 5.69 Å². The minimum Gasteiger partial charge on any atom is -0.492 e. The molecule has 1 fully saturated rings. The van der Waals surface area contributed by atoms with Crippen LogP contribution in [0.3, 0.4) is 0 Å². The third-order valence-electron chi connectivity index (χ3n) is 4.47. The fraction of sp³-hybridized carbons (Fsp3) is 0.368. The van der Waals surface area contributed by atoms with Crippen molar-refractivity contribution in [2.75, 3.05) is 25.0 Å². The Morgan fingerprint density at radius 3 is 2.85 bits per heavy atom. The Morgan fingerprint density at radius 1 is 1.30 bits per heavy atom. The highest BCUT2D eigenvalue weighted by Gasteiger charge is 2.33.